The van der Waals surface area contributed by atoms with E-state index in [0.717, 1.165) is 5.69 Å². The van der Waals surface area contributed by atoms with E-state index in [1.807, 2.05) is 45.9 Å². The maximum absolute atomic E-state index is 12.8. The fraction of sp³-hybridized carbons (Fsp3) is 0.412. The van der Waals surface area contributed by atoms with E-state index in [1.165, 1.54) is 10.5 Å². The lowest BCUT2D eigenvalue weighted by Gasteiger charge is -2.29. The van der Waals surface area contributed by atoms with Crippen LogP contribution in [-0.2, 0) is 16.6 Å². The van der Waals surface area contributed by atoms with Gasteiger partial charge >= 0.3 is 0 Å². The molecule has 0 aromatic carbocycles. The predicted octanol–water partition coefficient (Wildman–Crippen LogP) is 2.90. The first-order valence-corrected chi connectivity index (χ1v) is 9.39. The molecule has 2 heterocycles. The number of anilines is 1. The molecule has 0 fully saturated rings. The van der Waals surface area contributed by atoms with Crippen molar-refractivity contribution in [3.8, 4) is 0 Å². The Morgan fingerprint density at radius 3 is 2.25 bits per heavy atom. The second-order valence-corrected chi connectivity index (χ2v) is 7.92. The van der Waals surface area contributed by atoms with E-state index in [2.05, 4.69) is 15.3 Å². The first-order valence-electron chi connectivity index (χ1n) is 7.95. The van der Waals surface area contributed by atoms with Gasteiger partial charge in [-0.15, -0.1) is 0 Å². The van der Waals surface area contributed by atoms with Crippen molar-refractivity contribution in [2.75, 3.05) is 5.32 Å². The Balaban J connectivity index is 2.13. The highest BCUT2D eigenvalue weighted by molar-refractivity contribution is 7.89. The molecule has 0 radical (unpaired) electrons. The molecule has 0 bridgehead atoms. The van der Waals surface area contributed by atoms with Gasteiger partial charge in [0.1, 0.15) is 10.7 Å². The molecule has 0 saturated carbocycles. The summed E-state index contributed by atoms with van der Waals surface area (Å²) in [5.41, 5.74) is 0.891. The van der Waals surface area contributed by atoms with Crippen molar-refractivity contribution in [2.24, 2.45) is 0 Å². The summed E-state index contributed by atoms with van der Waals surface area (Å²) in [5.74, 6) is 0.611. The Morgan fingerprint density at radius 2 is 1.75 bits per heavy atom. The summed E-state index contributed by atoms with van der Waals surface area (Å²) in [5, 5.41) is 3.13. The van der Waals surface area contributed by atoms with Crippen molar-refractivity contribution in [3.05, 3.63) is 48.4 Å². The zero-order valence-corrected chi connectivity index (χ0v) is 15.3. The Labute approximate surface area is 144 Å². The topological polar surface area (TPSA) is 75.2 Å². The van der Waals surface area contributed by atoms with E-state index >= 15 is 0 Å². The van der Waals surface area contributed by atoms with Gasteiger partial charge in [0.25, 0.3) is 0 Å². The molecule has 2 aromatic rings. The molecule has 130 valence electrons. The lowest BCUT2D eigenvalue weighted by Crippen LogP contribution is -2.41. The van der Waals surface area contributed by atoms with Gasteiger partial charge in [0.15, 0.2) is 0 Å². The van der Waals surface area contributed by atoms with Gasteiger partial charge in [0.2, 0.25) is 10.0 Å². The summed E-state index contributed by atoms with van der Waals surface area (Å²) >= 11 is 0. The van der Waals surface area contributed by atoms with Crippen LogP contribution in [0.5, 0.6) is 0 Å². The normalized spacial score (nSPS) is 12.1. The van der Waals surface area contributed by atoms with Crippen molar-refractivity contribution >= 4 is 15.8 Å². The van der Waals surface area contributed by atoms with Crippen molar-refractivity contribution in [2.45, 2.75) is 51.2 Å². The molecule has 24 heavy (non-hydrogen) atoms. The Kier molecular flexibility index (Phi) is 5.90. The van der Waals surface area contributed by atoms with Crippen LogP contribution < -0.4 is 5.32 Å². The molecule has 2 rings (SSSR count). The second kappa shape index (κ2) is 7.72. The molecule has 0 unspecified atom stereocenters. The van der Waals surface area contributed by atoms with E-state index in [0.29, 0.717) is 12.4 Å². The van der Waals surface area contributed by atoms with E-state index in [-0.39, 0.29) is 17.0 Å². The highest BCUT2D eigenvalue weighted by Crippen LogP contribution is 2.21. The molecule has 0 aliphatic rings. The summed E-state index contributed by atoms with van der Waals surface area (Å²) in [6.45, 7) is 8.01. The lowest BCUT2D eigenvalue weighted by molar-refractivity contribution is 0.302. The number of aromatic nitrogens is 2. The number of sulfonamides is 1. The maximum atomic E-state index is 12.8. The Hall–Kier alpha value is -1.99. The zero-order chi connectivity index (χ0) is 17.7. The molecule has 0 saturated heterocycles. The minimum Gasteiger partial charge on any atom is -0.364 e. The van der Waals surface area contributed by atoms with Gasteiger partial charge < -0.3 is 5.32 Å². The molecule has 0 atom stereocenters. The number of nitrogens with zero attached hydrogens (tertiary/aromatic N) is 3. The molecule has 0 aliphatic heterocycles. The van der Waals surface area contributed by atoms with Crippen molar-refractivity contribution in [1.29, 1.82) is 0 Å². The van der Waals surface area contributed by atoms with Crippen LogP contribution in [0.3, 0.4) is 0 Å². The van der Waals surface area contributed by atoms with Gasteiger partial charge in [-0.05, 0) is 52.0 Å². The smallest absolute Gasteiger partial charge is 0.245 e. The van der Waals surface area contributed by atoms with Crippen LogP contribution in [0.25, 0.3) is 0 Å². The second-order valence-electron chi connectivity index (χ2n) is 6.08. The van der Waals surface area contributed by atoms with E-state index in [1.54, 1.807) is 18.3 Å². The van der Waals surface area contributed by atoms with Crippen molar-refractivity contribution in [3.63, 3.8) is 0 Å². The van der Waals surface area contributed by atoms with Crippen LogP contribution in [0.2, 0.25) is 0 Å². The van der Waals surface area contributed by atoms with Gasteiger partial charge in [-0.2, -0.15) is 4.31 Å². The molecule has 0 spiro atoms. The zero-order valence-electron chi connectivity index (χ0n) is 14.5. The van der Waals surface area contributed by atoms with Crippen LogP contribution in [0.15, 0.2) is 47.6 Å². The highest BCUT2D eigenvalue weighted by atomic mass is 32.2. The van der Waals surface area contributed by atoms with Crippen molar-refractivity contribution in [1.82, 2.24) is 14.3 Å². The van der Waals surface area contributed by atoms with Crippen LogP contribution in [0, 0.1) is 0 Å². The molecule has 0 aliphatic carbocycles. The molecule has 2 aromatic heterocycles. The third kappa shape index (κ3) is 4.30. The summed E-state index contributed by atoms with van der Waals surface area (Å²) in [6, 6.07) is 8.72. The Bertz CT molecular complexity index is 736. The summed E-state index contributed by atoms with van der Waals surface area (Å²) in [4.78, 5) is 8.64. The van der Waals surface area contributed by atoms with Crippen LogP contribution in [-0.4, -0.2) is 34.8 Å². The maximum Gasteiger partial charge on any atom is 0.245 e. The SMILES string of the molecule is CC(C)N(C(C)C)S(=O)(=O)c1ccc(NCc2ccccn2)nc1. The fourth-order valence-corrected chi connectivity index (χ4v) is 4.37. The van der Waals surface area contributed by atoms with Gasteiger partial charge in [0.05, 0.1) is 12.2 Å². The monoisotopic (exact) mass is 348 g/mol. The van der Waals surface area contributed by atoms with Crippen molar-refractivity contribution < 1.29 is 8.42 Å². The Morgan fingerprint density at radius 1 is 1.04 bits per heavy atom. The number of nitrogens with one attached hydrogen (secondary N) is 1. The van der Waals surface area contributed by atoms with Crippen LogP contribution in [0.1, 0.15) is 33.4 Å². The van der Waals surface area contributed by atoms with Gasteiger partial charge in [-0.1, -0.05) is 6.07 Å². The predicted molar refractivity (Wildman–Crippen MR) is 95.1 cm³/mol. The highest BCUT2D eigenvalue weighted by Gasteiger charge is 2.29. The average molecular weight is 348 g/mol. The lowest BCUT2D eigenvalue weighted by atomic mass is 10.3. The van der Waals surface area contributed by atoms with Gasteiger partial charge in [-0.25, -0.2) is 13.4 Å². The number of rotatable bonds is 7. The van der Waals surface area contributed by atoms with E-state index in [4.69, 9.17) is 0 Å². The standard InChI is InChI=1S/C17H24N4O2S/c1-13(2)21(14(3)4)24(22,23)16-8-9-17(20-12-16)19-11-15-7-5-6-10-18-15/h5-10,12-14H,11H2,1-4H3,(H,19,20). The minimum atomic E-state index is -3.55. The van der Waals surface area contributed by atoms with Gasteiger partial charge in [-0.3, -0.25) is 4.98 Å². The quantitative estimate of drug-likeness (QED) is 0.833. The summed E-state index contributed by atoms with van der Waals surface area (Å²) in [7, 11) is -3.55. The number of hydrogen-bond acceptors (Lipinski definition) is 5. The molecule has 6 nitrogen and oxygen atoms in total. The van der Waals surface area contributed by atoms with Crippen LogP contribution in [0.4, 0.5) is 5.82 Å². The summed E-state index contributed by atoms with van der Waals surface area (Å²) < 4.78 is 27.0. The van der Waals surface area contributed by atoms with E-state index < -0.39 is 10.0 Å². The number of hydrogen-bond donors (Lipinski definition) is 1. The third-order valence-corrected chi connectivity index (χ3v) is 5.74. The molecule has 0 amide bonds. The van der Waals surface area contributed by atoms with Crippen LogP contribution >= 0.6 is 0 Å². The molecular weight excluding hydrogens is 324 g/mol. The first-order chi connectivity index (χ1) is 11.3. The first kappa shape index (κ1) is 18.4. The fourth-order valence-electron chi connectivity index (χ4n) is 2.59. The largest absolute Gasteiger partial charge is 0.364 e. The molecule has 7 heteroatoms. The average Bonchev–Trinajstić information content (AvgIpc) is 2.53. The van der Waals surface area contributed by atoms with E-state index in [9.17, 15) is 8.42 Å². The minimum absolute atomic E-state index is 0.114. The molecule has 1 N–H and O–H groups in total. The third-order valence-electron chi connectivity index (χ3n) is 3.51. The van der Waals surface area contributed by atoms with Gasteiger partial charge in [0, 0.05) is 24.5 Å². The number of pyridine rings is 2. The summed E-state index contributed by atoms with van der Waals surface area (Å²) in [6.07, 6.45) is 3.13. The molecular formula is C17H24N4O2S.